The Morgan fingerprint density at radius 1 is 0.886 bits per heavy atom. The van der Waals surface area contributed by atoms with Gasteiger partial charge in [-0.2, -0.15) is 0 Å². The molecule has 0 unspecified atom stereocenters. The Morgan fingerprint density at radius 3 is 2.11 bits per heavy atom. The van der Waals surface area contributed by atoms with Crippen molar-refractivity contribution in [2.75, 3.05) is 40.7 Å². The summed E-state index contributed by atoms with van der Waals surface area (Å²) in [5.41, 5.74) is 3.05. The summed E-state index contributed by atoms with van der Waals surface area (Å²) in [5.74, 6) is -1.11. The van der Waals surface area contributed by atoms with E-state index in [1.54, 1.807) is 37.3 Å². The van der Waals surface area contributed by atoms with E-state index in [-0.39, 0.29) is 21.9 Å². The van der Waals surface area contributed by atoms with Crippen molar-refractivity contribution in [2.45, 2.75) is 18.7 Å². The molecule has 1 aliphatic heterocycles. The molecule has 0 atom stereocenters. The minimum atomic E-state index is -3.85. The number of sulfonamides is 1. The van der Waals surface area contributed by atoms with Gasteiger partial charge in [-0.15, -0.1) is 0 Å². The predicted octanol–water partition coefficient (Wildman–Crippen LogP) is 4.02. The Balaban J connectivity index is 1.50. The van der Waals surface area contributed by atoms with Gasteiger partial charge in [-0.25, -0.2) is 13.2 Å². The summed E-state index contributed by atoms with van der Waals surface area (Å²) in [6.07, 6.45) is 0. The van der Waals surface area contributed by atoms with Crippen LogP contribution in [0.5, 0.6) is 0 Å². The largest absolute Gasteiger partial charge is 0.478 e. The summed E-state index contributed by atoms with van der Waals surface area (Å²) in [6, 6.07) is 18.7. The standard InChI is InChI=1S/C26H27N3O5S/c1-18-5-3-4-6-25(18)35(33,34)27-21-9-12-24(23(17-21)26(31)32)29-15-13-28(14-16-29)22-10-7-20(8-11-22)19(2)30/h3-12,17,27H,13-16H2,1-2H3,(H,31,32). The third-order valence-electron chi connectivity index (χ3n) is 6.12. The second kappa shape index (κ2) is 9.79. The first-order valence-corrected chi connectivity index (χ1v) is 12.7. The smallest absolute Gasteiger partial charge is 0.337 e. The van der Waals surface area contributed by atoms with Gasteiger partial charge >= 0.3 is 5.97 Å². The molecular formula is C26H27N3O5S. The van der Waals surface area contributed by atoms with E-state index in [0.29, 0.717) is 43.0 Å². The van der Waals surface area contributed by atoms with Crippen molar-refractivity contribution in [1.82, 2.24) is 0 Å². The zero-order valence-corrected chi connectivity index (χ0v) is 20.4. The van der Waals surface area contributed by atoms with Crippen LogP contribution in [0, 0.1) is 6.92 Å². The molecular weight excluding hydrogens is 466 g/mol. The van der Waals surface area contributed by atoms with Gasteiger partial charge in [0.25, 0.3) is 10.0 Å². The summed E-state index contributed by atoms with van der Waals surface area (Å²) >= 11 is 0. The molecule has 182 valence electrons. The minimum Gasteiger partial charge on any atom is -0.478 e. The molecule has 0 saturated carbocycles. The quantitative estimate of drug-likeness (QED) is 0.479. The fourth-order valence-electron chi connectivity index (χ4n) is 4.23. The average molecular weight is 494 g/mol. The summed E-state index contributed by atoms with van der Waals surface area (Å²) in [6.45, 7) is 5.80. The lowest BCUT2D eigenvalue weighted by atomic mass is 10.1. The molecule has 3 aromatic rings. The molecule has 35 heavy (non-hydrogen) atoms. The molecule has 1 aliphatic rings. The molecule has 9 heteroatoms. The number of piperazine rings is 1. The molecule has 1 saturated heterocycles. The third-order valence-corrected chi connectivity index (χ3v) is 7.66. The number of Topliss-reactive ketones (excluding diaryl/α,β-unsaturated/α-hetero) is 1. The van der Waals surface area contributed by atoms with Gasteiger partial charge in [0.15, 0.2) is 5.78 Å². The first-order chi connectivity index (χ1) is 16.7. The van der Waals surface area contributed by atoms with Crippen molar-refractivity contribution in [1.29, 1.82) is 0 Å². The molecule has 0 radical (unpaired) electrons. The summed E-state index contributed by atoms with van der Waals surface area (Å²) in [5, 5.41) is 9.84. The van der Waals surface area contributed by atoms with Gasteiger partial charge in [0.2, 0.25) is 0 Å². The summed E-state index contributed by atoms with van der Waals surface area (Å²) < 4.78 is 28.2. The number of carboxylic acid groups (broad SMARTS) is 1. The Morgan fingerprint density at radius 2 is 1.51 bits per heavy atom. The fourth-order valence-corrected chi connectivity index (χ4v) is 5.52. The maximum Gasteiger partial charge on any atom is 0.337 e. The van der Waals surface area contributed by atoms with Crippen LogP contribution in [0.2, 0.25) is 0 Å². The Bertz CT molecular complexity index is 1360. The molecule has 8 nitrogen and oxygen atoms in total. The number of carboxylic acids is 1. The number of carbonyl (C=O) groups excluding carboxylic acids is 1. The van der Waals surface area contributed by atoms with Crippen LogP contribution >= 0.6 is 0 Å². The normalized spacial score (nSPS) is 14.0. The number of rotatable bonds is 7. The highest BCUT2D eigenvalue weighted by Gasteiger charge is 2.23. The number of aromatic carboxylic acids is 1. The van der Waals surface area contributed by atoms with Gasteiger partial charge in [-0.05, 0) is 67.9 Å². The van der Waals surface area contributed by atoms with Crippen LogP contribution in [0.1, 0.15) is 33.2 Å². The van der Waals surface area contributed by atoms with Crippen molar-refractivity contribution in [2.24, 2.45) is 0 Å². The zero-order valence-electron chi connectivity index (χ0n) is 19.6. The lowest BCUT2D eigenvalue weighted by molar-refractivity contribution is 0.0697. The van der Waals surface area contributed by atoms with E-state index in [2.05, 4.69) is 9.62 Å². The number of ketones is 1. The van der Waals surface area contributed by atoms with Crippen LogP contribution in [-0.2, 0) is 10.0 Å². The number of nitrogens with one attached hydrogen (secondary N) is 1. The number of anilines is 3. The van der Waals surface area contributed by atoms with E-state index in [9.17, 15) is 23.1 Å². The molecule has 3 aromatic carbocycles. The van der Waals surface area contributed by atoms with Crippen LogP contribution in [0.3, 0.4) is 0 Å². The predicted molar refractivity (Wildman–Crippen MR) is 136 cm³/mol. The lowest BCUT2D eigenvalue weighted by Gasteiger charge is -2.38. The highest BCUT2D eigenvalue weighted by Crippen LogP contribution is 2.28. The van der Waals surface area contributed by atoms with Crippen LogP contribution in [-0.4, -0.2) is 51.5 Å². The Kier molecular flexibility index (Phi) is 6.79. The first kappa shape index (κ1) is 24.3. The molecule has 0 amide bonds. The highest BCUT2D eigenvalue weighted by atomic mass is 32.2. The second-order valence-electron chi connectivity index (χ2n) is 8.49. The van der Waals surface area contributed by atoms with Crippen LogP contribution in [0.4, 0.5) is 17.1 Å². The fraction of sp³-hybridized carbons (Fsp3) is 0.231. The van der Waals surface area contributed by atoms with Crippen molar-refractivity contribution >= 4 is 38.8 Å². The highest BCUT2D eigenvalue weighted by molar-refractivity contribution is 7.92. The van der Waals surface area contributed by atoms with E-state index in [1.165, 1.54) is 19.1 Å². The molecule has 2 N–H and O–H groups in total. The van der Waals surface area contributed by atoms with Crippen LogP contribution < -0.4 is 14.5 Å². The summed E-state index contributed by atoms with van der Waals surface area (Å²) in [4.78, 5) is 27.9. The van der Waals surface area contributed by atoms with Gasteiger partial charge in [0.05, 0.1) is 16.1 Å². The van der Waals surface area contributed by atoms with Gasteiger partial charge in [0.1, 0.15) is 0 Å². The Labute approximate surface area is 204 Å². The maximum absolute atomic E-state index is 12.8. The second-order valence-corrected chi connectivity index (χ2v) is 10.1. The van der Waals surface area contributed by atoms with E-state index < -0.39 is 16.0 Å². The molecule has 4 rings (SSSR count). The average Bonchev–Trinajstić information content (AvgIpc) is 2.84. The lowest BCUT2D eigenvalue weighted by Crippen LogP contribution is -2.47. The number of hydrogen-bond donors (Lipinski definition) is 2. The third kappa shape index (κ3) is 5.30. The van der Waals surface area contributed by atoms with Gasteiger partial charge in [-0.1, -0.05) is 18.2 Å². The number of aryl methyl sites for hydroxylation is 1. The molecule has 0 spiro atoms. The van der Waals surface area contributed by atoms with Crippen LogP contribution in [0.15, 0.2) is 71.6 Å². The van der Waals surface area contributed by atoms with Crippen molar-refractivity contribution in [3.05, 3.63) is 83.4 Å². The summed E-state index contributed by atoms with van der Waals surface area (Å²) in [7, 11) is -3.85. The van der Waals surface area contributed by atoms with E-state index in [0.717, 1.165) is 5.69 Å². The van der Waals surface area contributed by atoms with Crippen molar-refractivity contribution in [3.63, 3.8) is 0 Å². The molecule has 1 fully saturated rings. The first-order valence-electron chi connectivity index (χ1n) is 11.2. The van der Waals surface area contributed by atoms with Gasteiger partial charge < -0.3 is 14.9 Å². The van der Waals surface area contributed by atoms with Crippen molar-refractivity contribution < 1.29 is 23.1 Å². The van der Waals surface area contributed by atoms with E-state index in [1.807, 2.05) is 29.2 Å². The monoisotopic (exact) mass is 493 g/mol. The zero-order chi connectivity index (χ0) is 25.2. The topological polar surface area (TPSA) is 107 Å². The molecule has 1 heterocycles. The van der Waals surface area contributed by atoms with Crippen molar-refractivity contribution in [3.8, 4) is 0 Å². The Hall–Kier alpha value is -3.85. The molecule has 0 aliphatic carbocycles. The molecule has 0 bridgehead atoms. The molecule has 0 aromatic heterocycles. The SMILES string of the molecule is CC(=O)c1ccc(N2CCN(c3ccc(NS(=O)(=O)c4ccccc4C)cc3C(=O)O)CC2)cc1. The number of nitrogens with zero attached hydrogens (tertiary/aromatic N) is 2. The number of benzene rings is 3. The van der Waals surface area contributed by atoms with Crippen LogP contribution in [0.25, 0.3) is 0 Å². The number of carbonyl (C=O) groups is 2. The maximum atomic E-state index is 12.8. The van der Waals surface area contributed by atoms with Gasteiger partial charge in [-0.3, -0.25) is 9.52 Å². The minimum absolute atomic E-state index is 0.0206. The van der Waals surface area contributed by atoms with E-state index >= 15 is 0 Å². The van der Waals surface area contributed by atoms with Gasteiger partial charge in [0, 0.05) is 43.1 Å². The van der Waals surface area contributed by atoms with E-state index in [4.69, 9.17) is 0 Å². The number of hydrogen-bond acceptors (Lipinski definition) is 6.